The summed E-state index contributed by atoms with van der Waals surface area (Å²) in [4.78, 5) is 2.35. The zero-order valence-electron chi connectivity index (χ0n) is 6.86. The topological polar surface area (TPSA) is 22.1 Å². The average Bonchev–Trinajstić information content (AvgIpc) is 2.15. The fourth-order valence-corrected chi connectivity index (χ4v) is 0.737. The van der Waals surface area contributed by atoms with Gasteiger partial charge < -0.3 is 4.74 Å². The highest BCUT2D eigenvalue weighted by Crippen LogP contribution is 2.24. The minimum absolute atomic E-state index is 0.267. The summed E-state index contributed by atoms with van der Waals surface area (Å²) in [6.45, 7) is 2.94. The van der Waals surface area contributed by atoms with Gasteiger partial charge in [0.25, 0.3) is 11.9 Å². The molecule has 0 aliphatic carbocycles. The molecule has 0 radical (unpaired) electrons. The first-order chi connectivity index (χ1) is 6.57. The van der Waals surface area contributed by atoms with Crippen LogP contribution in [0.3, 0.4) is 0 Å². The molecule has 0 atom stereocenters. The van der Waals surface area contributed by atoms with Crippen LogP contribution in [-0.4, -0.2) is 11.6 Å². The molecule has 14 heavy (non-hydrogen) atoms. The minimum Gasteiger partial charge on any atom is -0.483 e. The number of hydrogen-bond acceptors (Lipinski definition) is 2. The van der Waals surface area contributed by atoms with E-state index in [0.29, 0.717) is 0 Å². The summed E-state index contributed by atoms with van der Waals surface area (Å²) < 4.78 is 54.8. The smallest absolute Gasteiger partial charge is 0.255 e. The number of nitrogens with zero attached hydrogens (tertiary/aromatic N) is 1. The summed E-state index contributed by atoms with van der Waals surface area (Å²) in [5.41, 5.74) is 0. The van der Waals surface area contributed by atoms with Crippen LogP contribution in [0.5, 0.6) is 5.75 Å². The van der Waals surface area contributed by atoms with Crippen molar-refractivity contribution in [2.45, 2.75) is 0 Å². The molecular weight excluding hydrogens is 202 g/mol. The lowest BCUT2D eigenvalue weighted by Crippen LogP contribution is -2.06. The SMILES string of the molecule is C=CCOc1c(F)c(F)nc(F)c1F. The van der Waals surface area contributed by atoms with E-state index in [1.807, 2.05) is 0 Å². The summed E-state index contributed by atoms with van der Waals surface area (Å²) in [6, 6.07) is 0. The van der Waals surface area contributed by atoms with Crippen molar-refractivity contribution in [3.05, 3.63) is 36.2 Å². The van der Waals surface area contributed by atoms with Crippen molar-refractivity contribution >= 4 is 0 Å². The zero-order chi connectivity index (χ0) is 10.7. The summed E-state index contributed by atoms with van der Waals surface area (Å²) in [6.07, 6.45) is 1.18. The molecule has 0 spiro atoms. The Morgan fingerprint density at radius 1 is 1.14 bits per heavy atom. The van der Waals surface area contributed by atoms with E-state index in [1.165, 1.54) is 6.08 Å². The van der Waals surface area contributed by atoms with Crippen LogP contribution in [0.4, 0.5) is 17.6 Å². The fraction of sp³-hybridized carbons (Fsp3) is 0.125. The summed E-state index contributed by atoms with van der Waals surface area (Å²) in [7, 11) is 0. The molecule has 6 heteroatoms. The normalized spacial score (nSPS) is 10.0. The molecule has 0 amide bonds. The van der Waals surface area contributed by atoms with E-state index < -0.39 is 29.3 Å². The molecule has 0 saturated heterocycles. The second-order valence-corrected chi connectivity index (χ2v) is 2.25. The lowest BCUT2D eigenvalue weighted by molar-refractivity contribution is 0.291. The van der Waals surface area contributed by atoms with E-state index in [-0.39, 0.29) is 6.61 Å². The molecule has 0 aromatic carbocycles. The van der Waals surface area contributed by atoms with Gasteiger partial charge in [-0.1, -0.05) is 12.7 Å². The summed E-state index contributed by atoms with van der Waals surface area (Å²) in [5, 5.41) is 0. The Labute approximate surface area is 76.8 Å². The second kappa shape index (κ2) is 4.08. The Morgan fingerprint density at radius 2 is 1.64 bits per heavy atom. The van der Waals surface area contributed by atoms with E-state index >= 15 is 0 Å². The quantitative estimate of drug-likeness (QED) is 0.430. The highest BCUT2D eigenvalue weighted by Gasteiger charge is 2.21. The van der Waals surface area contributed by atoms with Crippen LogP contribution < -0.4 is 4.74 Å². The fourth-order valence-electron chi connectivity index (χ4n) is 0.737. The Hall–Kier alpha value is -1.59. The van der Waals surface area contributed by atoms with Gasteiger partial charge in [-0.25, -0.2) is 0 Å². The van der Waals surface area contributed by atoms with Crippen LogP contribution in [0, 0.1) is 23.5 Å². The van der Waals surface area contributed by atoms with Gasteiger partial charge in [-0.15, -0.1) is 0 Å². The maximum atomic E-state index is 12.8. The lowest BCUT2D eigenvalue weighted by atomic mass is 10.4. The molecule has 1 aromatic heterocycles. The molecule has 0 fully saturated rings. The summed E-state index contributed by atoms with van der Waals surface area (Å²) in [5.74, 6) is -7.95. The average molecular weight is 207 g/mol. The van der Waals surface area contributed by atoms with E-state index in [1.54, 1.807) is 0 Å². The van der Waals surface area contributed by atoms with Crippen molar-refractivity contribution in [2.75, 3.05) is 6.61 Å². The molecule has 0 aliphatic rings. The number of aromatic nitrogens is 1. The largest absolute Gasteiger partial charge is 0.483 e. The van der Waals surface area contributed by atoms with Crippen LogP contribution in [0.15, 0.2) is 12.7 Å². The lowest BCUT2D eigenvalue weighted by Gasteiger charge is -2.05. The van der Waals surface area contributed by atoms with Gasteiger partial charge in [0.15, 0.2) is 0 Å². The summed E-state index contributed by atoms with van der Waals surface area (Å²) >= 11 is 0. The Balaban J connectivity index is 3.17. The van der Waals surface area contributed by atoms with Crippen molar-refractivity contribution in [2.24, 2.45) is 0 Å². The maximum absolute atomic E-state index is 12.8. The van der Waals surface area contributed by atoms with Crippen LogP contribution in [0.25, 0.3) is 0 Å². The molecule has 0 aliphatic heterocycles. The monoisotopic (exact) mass is 207 g/mol. The predicted octanol–water partition coefficient (Wildman–Crippen LogP) is 2.20. The Morgan fingerprint density at radius 3 is 2.07 bits per heavy atom. The number of halogens is 4. The first-order valence-electron chi connectivity index (χ1n) is 3.51. The zero-order valence-corrected chi connectivity index (χ0v) is 6.86. The van der Waals surface area contributed by atoms with E-state index in [0.717, 1.165) is 0 Å². The molecule has 0 saturated carbocycles. The molecule has 76 valence electrons. The second-order valence-electron chi connectivity index (χ2n) is 2.25. The van der Waals surface area contributed by atoms with Gasteiger partial charge in [0.1, 0.15) is 6.61 Å². The van der Waals surface area contributed by atoms with Crippen molar-refractivity contribution in [1.82, 2.24) is 4.98 Å². The molecule has 1 rings (SSSR count). The molecule has 1 aromatic rings. The number of rotatable bonds is 3. The van der Waals surface area contributed by atoms with Gasteiger partial charge >= 0.3 is 0 Å². The van der Waals surface area contributed by atoms with E-state index in [9.17, 15) is 17.6 Å². The first-order valence-corrected chi connectivity index (χ1v) is 3.51. The molecule has 0 unspecified atom stereocenters. The van der Waals surface area contributed by atoms with Gasteiger partial charge in [0, 0.05) is 0 Å². The van der Waals surface area contributed by atoms with E-state index in [2.05, 4.69) is 16.3 Å². The van der Waals surface area contributed by atoms with E-state index in [4.69, 9.17) is 0 Å². The van der Waals surface area contributed by atoms with Gasteiger partial charge in [-0.3, -0.25) is 0 Å². The predicted molar refractivity (Wildman–Crippen MR) is 39.8 cm³/mol. The molecular formula is C8H5F4NO. The van der Waals surface area contributed by atoms with Crippen LogP contribution >= 0.6 is 0 Å². The highest BCUT2D eigenvalue weighted by atomic mass is 19.2. The van der Waals surface area contributed by atoms with Crippen molar-refractivity contribution in [1.29, 1.82) is 0 Å². The van der Waals surface area contributed by atoms with Crippen LogP contribution in [-0.2, 0) is 0 Å². The molecule has 1 heterocycles. The van der Waals surface area contributed by atoms with Crippen LogP contribution in [0.2, 0.25) is 0 Å². The third-order valence-electron chi connectivity index (χ3n) is 1.30. The Kier molecular flexibility index (Phi) is 3.06. The maximum Gasteiger partial charge on any atom is 0.255 e. The Bertz CT molecular complexity index is 341. The van der Waals surface area contributed by atoms with Crippen molar-refractivity contribution < 1.29 is 22.3 Å². The highest BCUT2D eigenvalue weighted by molar-refractivity contribution is 5.24. The van der Waals surface area contributed by atoms with Crippen molar-refractivity contribution in [3.8, 4) is 5.75 Å². The van der Waals surface area contributed by atoms with Gasteiger partial charge in [0.2, 0.25) is 17.4 Å². The molecule has 0 N–H and O–H groups in total. The molecule has 0 bridgehead atoms. The van der Waals surface area contributed by atoms with Gasteiger partial charge in [-0.05, 0) is 0 Å². The number of hydrogen-bond donors (Lipinski definition) is 0. The first kappa shape index (κ1) is 10.5. The standard InChI is InChI=1S/C8H5F4NO/c1-2-3-14-6-4(9)7(11)13-8(12)5(6)10/h2H,1,3H2. The number of pyridine rings is 1. The molecule has 2 nitrogen and oxygen atoms in total. The van der Waals surface area contributed by atoms with Crippen LogP contribution in [0.1, 0.15) is 0 Å². The van der Waals surface area contributed by atoms with Gasteiger partial charge in [-0.2, -0.15) is 22.5 Å². The third kappa shape index (κ3) is 1.84. The minimum atomic E-state index is -1.75. The number of ether oxygens (including phenoxy) is 1. The third-order valence-corrected chi connectivity index (χ3v) is 1.30. The van der Waals surface area contributed by atoms with Gasteiger partial charge in [0.05, 0.1) is 0 Å². The van der Waals surface area contributed by atoms with Crippen molar-refractivity contribution in [3.63, 3.8) is 0 Å².